The van der Waals surface area contributed by atoms with Crippen molar-refractivity contribution in [3.8, 4) is 5.75 Å². The third-order valence-electron chi connectivity index (χ3n) is 4.31. The number of urea groups is 1. The molecule has 2 amide bonds. The van der Waals surface area contributed by atoms with Crippen molar-refractivity contribution in [2.24, 2.45) is 0 Å². The van der Waals surface area contributed by atoms with Gasteiger partial charge in [0.25, 0.3) is 0 Å². The average molecular weight is 355 g/mol. The van der Waals surface area contributed by atoms with Gasteiger partial charge in [-0.3, -0.25) is 9.78 Å². The SMILES string of the molecule is COc1ccc(C(C)=O)cc1NC(=O)N(C)[C@H](C)Cc1cc(C)ccn1. The van der Waals surface area contributed by atoms with E-state index < -0.39 is 0 Å². The summed E-state index contributed by atoms with van der Waals surface area (Å²) in [5.41, 5.74) is 3.06. The molecular weight excluding hydrogens is 330 g/mol. The number of pyridine rings is 1. The van der Waals surface area contributed by atoms with Gasteiger partial charge in [-0.25, -0.2) is 4.79 Å². The molecule has 0 aliphatic heterocycles. The summed E-state index contributed by atoms with van der Waals surface area (Å²) in [5.74, 6) is 0.431. The second-order valence-electron chi connectivity index (χ2n) is 6.39. The molecule has 1 aromatic carbocycles. The number of aromatic nitrogens is 1. The van der Waals surface area contributed by atoms with E-state index >= 15 is 0 Å². The molecule has 0 aliphatic carbocycles. The molecule has 0 saturated heterocycles. The topological polar surface area (TPSA) is 71.5 Å². The monoisotopic (exact) mass is 355 g/mol. The number of ether oxygens (including phenoxy) is 1. The third kappa shape index (κ3) is 4.81. The Kier molecular flexibility index (Phi) is 6.33. The predicted octanol–water partition coefficient (Wildman–Crippen LogP) is 3.70. The second kappa shape index (κ2) is 8.47. The van der Waals surface area contributed by atoms with E-state index in [0.29, 0.717) is 23.4 Å². The number of anilines is 1. The third-order valence-corrected chi connectivity index (χ3v) is 4.31. The number of nitrogens with one attached hydrogen (secondary N) is 1. The second-order valence-corrected chi connectivity index (χ2v) is 6.39. The molecule has 1 aromatic heterocycles. The first-order valence-corrected chi connectivity index (χ1v) is 8.46. The number of Topliss-reactive ketones (excluding diaryl/α,β-unsaturated/α-hetero) is 1. The summed E-state index contributed by atoms with van der Waals surface area (Å²) < 4.78 is 5.28. The number of nitrogens with zero attached hydrogens (tertiary/aromatic N) is 2. The van der Waals surface area contributed by atoms with Crippen molar-refractivity contribution in [1.29, 1.82) is 0 Å². The molecule has 2 aromatic rings. The Morgan fingerprint density at radius 3 is 2.62 bits per heavy atom. The Morgan fingerprint density at radius 2 is 2.00 bits per heavy atom. The summed E-state index contributed by atoms with van der Waals surface area (Å²) in [5, 5.41) is 2.82. The summed E-state index contributed by atoms with van der Waals surface area (Å²) >= 11 is 0. The van der Waals surface area contributed by atoms with E-state index in [4.69, 9.17) is 4.74 Å². The molecule has 0 unspecified atom stereocenters. The minimum absolute atomic E-state index is 0.0497. The molecule has 0 fully saturated rings. The predicted molar refractivity (Wildman–Crippen MR) is 102 cm³/mol. The van der Waals surface area contributed by atoms with E-state index in [9.17, 15) is 9.59 Å². The van der Waals surface area contributed by atoms with Crippen LogP contribution < -0.4 is 10.1 Å². The van der Waals surface area contributed by atoms with Crippen LogP contribution in [-0.2, 0) is 6.42 Å². The highest BCUT2D eigenvalue weighted by Gasteiger charge is 2.18. The van der Waals surface area contributed by atoms with Gasteiger partial charge in [0.2, 0.25) is 0 Å². The average Bonchev–Trinajstić information content (AvgIpc) is 2.60. The molecule has 0 spiro atoms. The lowest BCUT2D eigenvalue weighted by atomic mass is 10.1. The van der Waals surface area contributed by atoms with E-state index in [2.05, 4.69) is 10.3 Å². The highest BCUT2D eigenvalue weighted by molar-refractivity contribution is 5.97. The molecular formula is C20H25N3O3. The lowest BCUT2D eigenvalue weighted by Gasteiger charge is -2.25. The molecule has 138 valence electrons. The maximum atomic E-state index is 12.6. The fraction of sp³-hybridized carbons (Fsp3) is 0.350. The van der Waals surface area contributed by atoms with Gasteiger partial charge in [-0.2, -0.15) is 0 Å². The number of carbonyl (C=O) groups excluding carboxylic acids is 2. The number of benzene rings is 1. The van der Waals surface area contributed by atoms with Gasteiger partial charge in [-0.05, 0) is 56.7 Å². The highest BCUT2D eigenvalue weighted by atomic mass is 16.5. The molecule has 6 nitrogen and oxygen atoms in total. The number of ketones is 1. The molecule has 1 heterocycles. The van der Waals surface area contributed by atoms with Crippen molar-refractivity contribution in [3.05, 3.63) is 53.3 Å². The summed E-state index contributed by atoms with van der Waals surface area (Å²) in [7, 11) is 3.26. The Balaban J connectivity index is 2.10. The van der Waals surface area contributed by atoms with Gasteiger partial charge < -0.3 is 15.0 Å². The fourth-order valence-electron chi connectivity index (χ4n) is 2.58. The van der Waals surface area contributed by atoms with E-state index in [1.165, 1.54) is 14.0 Å². The number of likely N-dealkylation sites (N-methyl/N-ethyl adjacent to an activating group) is 1. The van der Waals surface area contributed by atoms with Crippen LogP contribution in [0.2, 0.25) is 0 Å². The molecule has 0 bridgehead atoms. The van der Waals surface area contributed by atoms with Gasteiger partial charge in [0, 0.05) is 37.0 Å². The quantitative estimate of drug-likeness (QED) is 0.802. The zero-order valence-electron chi connectivity index (χ0n) is 15.9. The fourth-order valence-corrected chi connectivity index (χ4v) is 2.58. The van der Waals surface area contributed by atoms with Crippen LogP contribution >= 0.6 is 0 Å². The molecule has 0 radical (unpaired) electrons. The Morgan fingerprint density at radius 1 is 1.27 bits per heavy atom. The minimum Gasteiger partial charge on any atom is -0.495 e. The van der Waals surface area contributed by atoms with Crippen LogP contribution in [0, 0.1) is 6.92 Å². The largest absolute Gasteiger partial charge is 0.495 e. The van der Waals surface area contributed by atoms with E-state index in [1.807, 2.05) is 26.0 Å². The van der Waals surface area contributed by atoms with Crippen LogP contribution in [0.5, 0.6) is 5.75 Å². The van der Waals surface area contributed by atoms with Crippen molar-refractivity contribution < 1.29 is 14.3 Å². The first-order chi connectivity index (χ1) is 12.3. The van der Waals surface area contributed by atoms with Crippen molar-refractivity contribution in [2.45, 2.75) is 33.2 Å². The van der Waals surface area contributed by atoms with Crippen molar-refractivity contribution in [2.75, 3.05) is 19.5 Å². The van der Waals surface area contributed by atoms with Gasteiger partial charge in [-0.15, -0.1) is 0 Å². The lowest BCUT2D eigenvalue weighted by molar-refractivity contribution is 0.101. The maximum Gasteiger partial charge on any atom is 0.321 e. The Labute approximate surface area is 154 Å². The number of amides is 2. The molecule has 6 heteroatoms. The van der Waals surface area contributed by atoms with Gasteiger partial charge in [0.15, 0.2) is 5.78 Å². The van der Waals surface area contributed by atoms with Crippen LogP contribution in [-0.4, -0.2) is 41.9 Å². The van der Waals surface area contributed by atoms with Crippen molar-refractivity contribution in [1.82, 2.24) is 9.88 Å². The van der Waals surface area contributed by atoms with Gasteiger partial charge >= 0.3 is 6.03 Å². The molecule has 1 N–H and O–H groups in total. The van der Waals surface area contributed by atoms with Crippen LogP contribution in [0.15, 0.2) is 36.5 Å². The van der Waals surface area contributed by atoms with Crippen LogP contribution in [0.25, 0.3) is 0 Å². The van der Waals surface area contributed by atoms with E-state index in [1.54, 1.807) is 36.3 Å². The van der Waals surface area contributed by atoms with Crippen molar-refractivity contribution >= 4 is 17.5 Å². The first kappa shape index (κ1) is 19.4. The molecule has 2 rings (SSSR count). The normalized spacial score (nSPS) is 11.6. The summed E-state index contributed by atoms with van der Waals surface area (Å²) in [6, 6.07) is 8.61. The Hall–Kier alpha value is -2.89. The summed E-state index contributed by atoms with van der Waals surface area (Å²) in [6.07, 6.45) is 2.42. The number of carbonyl (C=O) groups is 2. The van der Waals surface area contributed by atoms with Gasteiger partial charge in [0.05, 0.1) is 12.8 Å². The molecule has 1 atom stereocenters. The van der Waals surface area contributed by atoms with Gasteiger partial charge in [0.1, 0.15) is 5.75 Å². The van der Waals surface area contributed by atoms with E-state index in [-0.39, 0.29) is 17.9 Å². The number of rotatable bonds is 6. The summed E-state index contributed by atoms with van der Waals surface area (Å²) in [6.45, 7) is 5.46. The highest BCUT2D eigenvalue weighted by Crippen LogP contribution is 2.26. The molecule has 0 aliphatic rings. The lowest BCUT2D eigenvalue weighted by Crippen LogP contribution is -2.39. The van der Waals surface area contributed by atoms with Crippen LogP contribution in [0.1, 0.15) is 35.5 Å². The van der Waals surface area contributed by atoms with Gasteiger partial charge in [-0.1, -0.05) is 0 Å². The molecule has 26 heavy (non-hydrogen) atoms. The summed E-state index contributed by atoms with van der Waals surface area (Å²) in [4.78, 5) is 30.2. The van der Waals surface area contributed by atoms with Crippen LogP contribution in [0.3, 0.4) is 0 Å². The maximum absolute atomic E-state index is 12.6. The number of methoxy groups -OCH3 is 1. The zero-order chi connectivity index (χ0) is 19.3. The number of aryl methyl sites for hydroxylation is 1. The smallest absolute Gasteiger partial charge is 0.321 e. The minimum atomic E-state index is -0.274. The van der Waals surface area contributed by atoms with E-state index in [0.717, 1.165) is 11.3 Å². The Bertz CT molecular complexity index is 805. The van der Waals surface area contributed by atoms with Crippen LogP contribution in [0.4, 0.5) is 10.5 Å². The standard InChI is InChI=1S/C20H25N3O3/c1-13-8-9-21-17(10-13)11-14(2)23(4)20(25)22-18-12-16(15(3)24)6-7-19(18)26-5/h6-10,12,14H,11H2,1-5H3,(H,22,25)/t14-/m1/s1. The van der Waals surface area contributed by atoms with Crippen molar-refractivity contribution in [3.63, 3.8) is 0 Å². The zero-order valence-corrected chi connectivity index (χ0v) is 15.9. The number of hydrogen-bond acceptors (Lipinski definition) is 4. The molecule has 0 saturated carbocycles. The first-order valence-electron chi connectivity index (χ1n) is 8.46. The number of hydrogen-bond donors (Lipinski definition) is 1.